The Hall–Kier alpha value is -0.770. The fourth-order valence-electron chi connectivity index (χ4n) is 3.04. The molecule has 2 amide bonds. The molecule has 0 aromatic heterocycles. The highest BCUT2D eigenvalue weighted by Gasteiger charge is 2.30. The number of hydrogen-bond acceptors (Lipinski definition) is 2. The summed E-state index contributed by atoms with van der Waals surface area (Å²) in [4.78, 5) is 16.4. The highest BCUT2D eigenvalue weighted by Crippen LogP contribution is 2.21. The minimum absolute atomic E-state index is 0.168. The number of hydrogen-bond donors (Lipinski definition) is 1. The lowest BCUT2D eigenvalue weighted by Gasteiger charge is -2.28. The zero-order valence-corrected chi connectivity index (χ0v) is 11.1. The smallest absolute Gasteiger partial charge is 0.317 e. The molecule has 0 bridgehead atoms. The van der Waals surface area contributed by atoms with Gasteiger partial charge in [-0.2, -0.15) is 0 Å². The van der Waals surface area contributed by atoms with Crippen LogP contribution in [-0.2, 0) is 0 Å². The van der Waals surface area contributed by atoms with Crippen molar-refractivity contribution in [2.75, 3.05) is 27.2 Å². The second kappa shape index (κ2) is 5.71. The zero-order valence-electron chi connectivity index (χ0n) is 11.1. The van der Waals surface area contributed by atoms with E-state index in [1.165, 1.54) is 12.8 Å². The SMILES string of the molecule is CN(C)CC1CCCN1C(=O)NC1CCCC1. The average molecular weight is 239 g/mol. The molecule has 1 atom stereocenters. The first-order valence-electron chi connectivity index (χ1n) is 6.88. The van der Waals surface area contributed by atoms with Crippen molar-refractivity contribution < 1.29 is 4.79 Å². The van der Waals surface area contributed by atoms with Gasteiger partial charge in [0.1, 0.15) is 0 Å². The minimum Gasteiger partial charge on any atom is -0.335 e. The van der Waals surface area contributed by atoms with E-state index in [-0.39, 0.29) is 6.03 Å². The number of carbonyl (C=O) groups excluding carboxylic acids is 1. The Morgan fingerprint density at radius 1 is 1.24 bits per heavy atom. The maximum absolute atomic E-state index is 12.2. The molecule has 4 nitrogen and oxygen atoms in total. The zero-order chi connectivity index (χ0) is 12.3. The number of carbonyl (C=O) groups is 1. The Kier molecular flexibility index (Phi) is 4.26. The molecule has 1 heterocycles. The lowest BCUT2D eigenvalue weighted by atomic mass is 10.2. The monoisotopic (exact) mass is 239 g/mol. The number of rotatable bonds is 3. The fourth-order valence-corrected chi connectivity index (χ4v) is 3.04. The summed E-state index contributed by atoms with van der Waals surface area (Å²) in [5, 5.41) is 3.19. The van der Waals surface area contributed by atoms with E-state index in [9.17, 15) is 4.79 Å². The van der Waals surface area contributed by atoms with Gasteiger partial charge >= 0.3 is 6.03 Å². The number of amides is 2. The average Bonchev–Trinajstić information content (AvgIpc) is 2.87. The van der Waals surface area contributed by atoms with E-state index in [1.54, 1.807) is 0 Å². The third kappa shape index (κ3) is 3.35. The molecule has 2 aliphatic rings. The summed E-state index contributed by atoms with van der Waals surface area (Å²) in [5.74, 6) is 0. The van der Waals surface area contributed by atoms with E-state index in [0.29, 0.717) is 12.1 Å². The lowest BCUT2D eigenvalue weighted by Crippen LogP contribution is -2.48. The first-order valence-corrected chi connectivity index (χ1v) is 6.88. The molecular weight excluding hydrogens is 214 g/mol. The molecule has 0 aromatic rings. The molecule has 4 heteroatoms. The van der Waals surface area contributed by atoms with Crippen LogP contribution in [0.25, 0.3) is 0 Å². The van der Waals surface area contributed by atoms with Crippen LogP contribution in [0.4, 0.5) is 4.79 Å². The van der Waals surface area contributed by atoms with Gasteiger partial charge in [0.05, 0.1) is 0 Å². The van der Waals surface area contributed by atoms with Gasteiger partial charge in [-0.05, 0) is 39.8 Å². The predicted octanol–water partition coefficient (Wildman–Crippen LogP) is 1.66. The summed E-state index contributed by atoms with van der Waals surface area (Å²) in [6.07, 6.45) is 7.17. The van der Waals surface area contributed by atoms with E-state index in [4.69, 9.17) is 0 Å². The first-order chi connectivity index (χ1) is 8.16. The van der Waals surface area contributed by atoms with Crippen LogP contribution in [0.15, 0.2) is 0 Å². The summed E-state index contributed by atoms with van der Waals surface area (Å²) < 4.78 is 0. The van der Waals surface area contributed by atoms with E-state index in [1.807, 2.05) is 4.90 Å². The number of urea groups is 1. The summed E-state index contributed by atoms with van der Waals surface area (Å²) in [6, 6.07) is 1.01. The molecule has 0 spiro atoms. The van der Waals surface area contributed by atoms with Gasteiger partial charge in [0.2, 0.25) is 0 Å². The van der Waals surface area contributed by atoms with Gasteiger partial charge in [-0.1, -0.05) is 12.8 Å². The van der Waals surface area contributed by atoms with Crippen LogP contribution in [0.1, 0.15) is 38.5 Å². The van der Waals surface area contributed by atoms with E-state index >= 15 is 0 Å². The van der Waals surface area contributed by atoms with Crippen molar-refractivity contribution in [2.24, 2.45) is 0 Å². The molecule has 0 radical (unpaired) electrons. The summed E-state index contributed by atoms with van der Waals surface area (Å²) >= 11 is 0. The van der Waals surface area contributed by atoms with Gasteiger partial charge in [-0.25, -0.2) is 4.79 Å². The molecule has 17 heavy (non-hydrogen) atoms. The van der Waals surface area contributed by atoms with Gasteiger partial charge in [-0.15, -0.1) is 0 Å². The van der Waals surface area contributed by atoms with E-state index in [0.717, 1.165) is 38.8 Å². The molecule has 0 aromatic carbocycles. The van der Waals surface area contributed by atoms with Gasteiger partial charge < -0.3 is 15.1 Å². The van der Waals surface area contributed by atoms with Crippen molar-refractivity contribution >= 4 is 6.03 Å². The molecule has 1 N–H and O–H groups in total. The van der Waals surface area contributed by atoms with Crippen LogP contribution >= 0.6 is 0 Å². The van der Waals surface area contributed by atoms with Crippen LogP contribution in [0.3, 0.4) is 0 Å². The molecule has 2 rings (SSSR count). The van der Waals surface area contributed by atoms with Gasteiger partial charge in [0, 0.05) is 25.2 Å². The highest BCUT2D eigenvalue weighted by atomic mass is 16.2. The van der Waals surface area contributed by atoms with Gasteiger partial charge in [-0.3, -0.25) is 0 Å². The minimum atomic E-state index is 0.168. The molecular formula is C13H25N3O. The van der Waals surface area contributed by atoms with Crippen molar-refractivity contribution in [3.63, 3.8) is 0 Å². The second-order valence-electron chi connectivity index (χ2n) is 5.68. The quantitative estimate of drug-likeness (QED) is 0.813. The summed E-state index contributed by atoms with van der Waals surface area (Å²) in [5.41, 5.74) is 0. The standard InChI is InChI=1S/C13H25N3O/c1-15(2)10-12-8-5-9-16(12)13(17)14-11-6-3-4-7-11/h11-12H,3-10H2,1-2H3,(H,14,17). The topological polar surface area (TPSA) is 35.6 Å². The lowest BCUT2D eigenvalue weighted by molar-refractivity contribution is 0.177. The maximum Gasteiger partial charge on any atom is 0.317 e. The second-order valence-corrected chi connectivity index (χ2v) is 5.68. The Morgan fingerprint density at radius 2 is 1.94 bits per heavy atom. The normalized spacial score (nSPS) is 25.8. The molecule has 1 saturated carbocycles. The molecule has 1 aliphatic heterocycles. The molecule has 2 fully saturated rings. The Balaban J connectivity index is 1.84. The van der Waals surface area contributed by atoms with Crippen molar-refractivity contribution in [3.8, 4) is 0 Å². The number of nitrogens with zero attached hydrogens (tertiary/aromatic N) is 2. The molecule has 98 valence electrons. The summed E-state index contributed by atoms with van der Waals surface area (Å²) in [7, 11) is 4.15. The third-order valence-corrected chi connectivity index (χ3v) is 3.90. The van der Waals surface area contributed by atoms with Crippen LogP contribution < -0.4 is 5.32 Å². The molecule has 1 aliphatic carbocycles. The van der Waals surface area contributed by atoms with E-state index in [2.05, 4.69) is 24.3 Å². The van der Waals surface area contributed by atoms with Crippen LogP contribution in [-0.4, -0.2) is 55.1 Å². The Bertz CT molecular complexity index is 261. The molecule has 1 saturated heterocycles. The molecule has 1 unspecified atom stereocenters. The largest absolute Gasteiger partial charge is 0.335 e. The number of nitrogens with one attached hydrogen (secondary N) is 1. The van der Waals surface area contributed by atoms with E-state index < -0.39 is 0 Å². The number of likely N-dealkylation sites (N-methyl/N-ethyl adjacent to an activating group) is 1. The third-order valence-electron chi connectivity index (χ3n) is 3.90. The first kappa shape index (κ1) is 12.7. The Labute approximate surface area is 104 Å². The Morgan fingerprint density at radius 3 is 2.59 bits per heavy atom. The highest BCUT2D eigenvalue weighted by molar-refractivity contribution is 5.75. The predicted molar refractivity (Wildman–Crippen MR) is 69.1 cm³/mol. The van der Waals surface area contributed by atoms with Gasteiger partial charge in [0.25, 0.3) is 0 Å². The number of likely N-dealkylation sites (tertiary alicyclic amines) is 1. The van der Waals surface area contributed by atoms with Crippen molar-refractivity contribution in [1.29, 1.82) is 0 Å². The van der Waals surface area contributed by atoms with Crippen molar-refractivity contribution in [1.82, 2.24) is 15.1 Å². The van der Waals surface area contributed by atoms with Crippen LogP contribution in [0.5, 0.6) is 0 Å². The van der Waals surface area contributed by atoms with Crippen LogP contribution in [0.2, 0.25) is 0 Å². The summed E-state index contributed by atoms with van der Waals surface area (Å²) in [6.45, 7) is 1.91. The van der Waals surface area contributed by atoms with Crippen LogP contribution in [0, 0.1) is 0 Å². The van der Waals surface area contributed by atoms with Crippen molar-refractivity contribution in [3.05, 3.63) is 0 Å². The fraction of sp³-hybridized carbons (Fsp3) is 0.923. The maximum atomic E-state index is 12.2. The van der Waals surface area contributed by atoms with Gasteiger partial charge in [0.15, 0.2) is 0 Å². The van der Waals surface area contributed by atoms with Crippen molar-refractivity contribution in [2.45, 2.75) is 50.6 Å².